The average molecular weight is 855 g/mol. The predicted octanol–water partition coefficient (Wildman–Crippen LogP) is 1.67. The van der Waals surface area contributed by atoms with Gasteiger partial charge in [0.25, 0.3) is 11.8 Å². The molecule has 0 aliphatic carbocycles. The molecule has 0 unspecified atom stereocenters. The van der Waals surface area contributed by atoms with E-state index in [0.29, 0.717) is 66.9 Å². The molecule has 2 fully saturated rings. The van der Waals surface area contributed by atoms with Gasteiger partial charge in [-0.15, -0.1) is 0 Å². The van der Waals surface area contributed by atoms with Gasteiger partial charge in [0.2, 0.25) is 0 Å². The Morgan fingerprint density at radius 1 is 1.02 bits per heavy atom. The normalized spacial score (nSPS) is 15.8. The smallest absolute Gasteiger partial charge is 0.435 e. The van der Waals surface area contributed by atoms with Gasteiger partial charge in [-0.05, 0) is 42.9 Å². The summed E-state index contributed by atoms with van der Waals surface area (Å²) in [4.78, 5) is 68.0. The number of nitrogens with two attached hydrogens (primary N) is 1. The van der Waals surface area contributed by atoms with E-state index in [4.69, 9.17) is 17.3 Å². The van der Waals surface area contributed by atoms with Crippen LogP contribution in [-0.4, -0.2) is 149 Å². The zero-order valence-corrected chi connectivity index (χ0v) is 33.2. The highest BCUT2D eigenvalue weighted by Gasteiger charge is 2.40. The molecule has 0 atom stereocenters. The molecule has 0 saturated carbocycles. The minimum Gasteiger partial charge on any atom is -0.544 e. The van der Waals surface area contributed by atoms with E-state index < -0.39 is 23.7 Å². The molecule has 5 aromatic rings. The second-order valence-electron chi connectivity index (χ2n) is 14.8. The molecule has 7 rings (SSSR count). The number of anilines is 1. The quantitative estimate of drug-likeness (QED) is 0.141. The number of aliphatic hydroxyl groups excluding tert-OH is 1. The molecule has 4 aromatic heterocycles. The molecule has 0 bridgehead atoms. The average Bonchev–Trinajstić information content (AvgIpc) is 3.96. The topological polar surface area (TPSA) is 224 Å². The lowest BCUT2D eigenvalue weighted by Gasteiger charge is -2.46. The van der Waals surface area contributed by atoms with Crippen LogP contribution in [0.4, 0.5) is 23.7 Å². The van der Waals surface area contributed by atoms with E-state index in [-0.39, 0.29) is 90.4 Å². The Labute approximate surface area is 345 Å². The number of aliphatic carboxylic acids is 1. The number of H-pyrrole nitrogens is 1. The van der Waals surface area contributed by atoms with Crippen molar-refractivity contribution in [3.8, 4) is 17.1 Å². The molecule has 22 heteroatoms. The van der Waals surface area contributed by atoms with Gasteiger partial charge in [0.15, 0.2) is 17.3 Å². The number of carboxylic acid groups (broad SMARTS) is 1. The summed E-state index contributed by atoms with van der Waals surface area (Å²) in [5.41, 5.74) is 5.90. The van der Waals surface area contributed by atoms with Crippen molar-refractivity contribution in [1.29, 1.82) is 0 Å². The minimum absolute atomic E-state index is 0.0409. The summed E-state index contributed by atoms with van der Waals surface area (Å²) in [5, 5.41) is 27.3. The zero-order valence-electron chi connectivity index (χ0n) is 32.4. The van der Waals surface area contributed by atoms with E-state index in [9.17, 15) is 42.6 Å². The highest BCUT2D eigenvalue weighted by atomic mass is 35.5. The Morgan fingerprint density at radius 2 is 1.72 bits per heavy atom. The molecule has 0 spiro atoms. The molecule has 4 amide bonds. The standard InChI is InChI=1S/C38H42ClF3N12O6/c1-49-30(26-20-53(48-33(26)38(40,41)42)31-6-5-28-29(47-31)18-24(22-55)45-28)19-44-34(49)35(58)46-23-3-4-25(27(39)17-23)36(59)50-8-10-51(11-9-50)37(60)52-12-15-54(16-13-52,14-2-7-43)21-32(56)57/h3-6,17-20,55H,2,7-16,21-22,43H2,1H3,(H2-,45,46,47,56,57,58,59). The number of imidazole rings is 1. The van der Waals surface area contributed by atoms with Crippen molar-refractivity contribution in [3.63, 3.8) is 0 Å². The number of urea groups is 1. The fourth-order valence-corrected chi connectivity index (χ4v) is 7.95. The SMILES string of the molecule is Cn1c(-c2cn(-c3ccc4[nH]c(CO)cc4n3)nc2C(F)(F)F)cnc1C(=O)Nc1ccc(C(=O)N2CCN(C(=O)N3CC[N+](CCCN)(CC(=O)[O-])CC3)CC2)c(Cl)c1. The van der Waals surface area contributed by atoms with E-state index in [0.717, 1.165) is 17.1 Å². The van der Waals surface area contributed by atoms with Crippen LogP contribution in [0, 0.1) is 0 Å². The van der Waals surface area contributed by atoms with E-state index >= 15 is 0 Å². The number of piperazine rings is 2. The molecular weight excluding hydrogens is 813 g/mol. The number of pyridine rings is 1. The number of hydrogen-bond donors (Lipinski definition) is 4. The molecule has 318 valence electrons. The Morgan fingerprint density at radius 3 is 2.37 bits per heavy atom. The van der Waals surface area contributed by atoms with E-state index in [1.165, 1.54) is 35.9 Å². The summed E-state index contributed by atoms with van der Waals surface area (Å²) < 4.78 is 45.3. The number of aromatic amines is 1. The van der Waals surface area contributed by atoms with E-state index in [2.05, 4.69) is 25.4 Å². The Kier molecular flexibility index (Phi) is 11.9. The lowest BCUT2D eigenvalue weighted by molar-refractivity contribution is -0.926. The highest BCUT2D eigenvalue weighted by Crippen LogP contribution is 2.37. The number of rotatable bonds is 11. The van der Waals surface area contributed by atoms with Crippen LogP contribution in [0.5, 0.6) is 0 Å². The molecule has 2 aliphatic rings. The molecule has 60 heavy (non-hydrogen) atoms. The van der Waals surface area contributed by atoms with Crippen LogP contribution < -0.4 is 16.2 Å². The van der Waals surface area contributed by atoms with Crippen LogP contribution in [0.3, 0.4) is 0 Å². The number of nitrogens with one attached hydrogen (secondary N) is 2. The summed E-state index contributed by atoms with van der Waals surface area (Å²) in [7, 11) is 1.39. The first-order valence-electron chi connectivity index (χ1n) is 19.1. The molecule has 0 radical (unpaired) electrons. The number of quaternary nitrogens is 1. The summed E-state index contributed by atoms with van der Waals surface area (Å²) in [6.07, 6.45) is -1.92. The lowest BCUT2D eigenvalue weighted by Crippen LogP contribution is -2.65. The van der Waals surface area contributed by atoms with Gasteiger partial charge in [-0.25, -0.2) is 19.4 Å². The zero-order chi connectivity index (χ0) is 42.9. The first-order chi connectivity index (χ1) is 28.6. The number of benzene rings is 1. The van der Waals surface area contributed by atoms with Gasteiger partial charge in [-0.3, -0.25) is 9.59 Å². The number of carbonyl (C=O) groups is 4. The number of hydrogen-bond acceptors (Lipinski definition) is 10. The predicted molar refractivity (Wildman–Crippen MR) is 209 cm³/mol. The highest BCUT2D eigenvalue weighted by molar-refractivity contribution is 6.34. The maximum absolute atomic E-state index is 14.3. The van der Waals surface area contributed by atoms with Crippen LogP contribution in [0.2, 0.25) is 5.02 Å². The van der Waals surface area contributed by atoms with Crippen molar-refractivity contribution in [2.45, 2.75) is 19.2 Å². The van der Waals surface area contributed by atoms with Crippen molar-refractivity contribution in [2.75, 3.05) is 77.3 Å². The number of carbonyl (C=O) groups excluding carboxylic acids is 4. The Hall–Kier alpha value is -6.03. The number of aromatic nitrogens is 6. The van der Waals surface area contributed by atoms with E-state index in [1.807, 2.05) is 0 Å². The monoisotopic (exact) mass is 854 g/mol. The van der Waals surface area contributed by atoms with Gasteiger partial charge >= 0.3 is 12.2 Å². The van der Waals surface area contributed by atoms with Gasteiger partial charge in [-0.2, -0.15) is 18.3 Å². The van der Waals surface area contributed by atoms with Crippen molar-refractivity contribution in [2.24, 2.45) is 12.8 Å². The Bertz CT molecular complexity index is 2430. The summed E-state index contributed by atoms with van der Waals surface area (Å²) >= 11 is 6.54. The van der Waals surface area contributed by atoms with Gasteiger partial charge in [0, 0.05) is 57.2 Å². The fourth-order valence-electron chi connectivity index (χ4n) is 7.69. The fraction of sp³-hybridized carbons (Fsp3) is 0.395. The van der Waals surface area contributed by atoms with Gasteiger partial charge in [0.05, 0.1) is 84.4 Å². The molecule has 5 N–H and O–H groups in total. The number of amides is 4. The van der Waals surface area contributed by atoms with Crippen LogP contribution in [0.15, 0.2) is 48.8 Å². The number of alkyl halides is 3. The molecule has 1 aromatic carbocycles. The van der Waals surface area contributed by atoms with Crippen LogP contribution >= 0.6 is 11.6 Å². The molecular formula is C38H42ClF3N12O6. The van der Waals surface area contributed by atoms with Crippen LogP contribution in [0.1, 0.15) is 38.8 Å². The number of nitrogens with zero attached hydrogens (tertiary/aromatic N) is 9. The first kappa shape index (κ1) is 42.1. The summed E-state index contributed by atoms with van der Waals surface area (Å²) in [6.45, 7) is 3.41. The molecule has 2 aliphatic heterocycles. The minimum atomic E-state index is -4.87. The third kappa shape index (κ3) is 8.65. The second kappa shape index (κ2) is 16.9. The third-order valence-corrected chi connectivity index (χ3v) is 11.2. The number of aliphatic hydroxyl groups is 1. The summed E-state index contributed by atoms with van der Waals surface area (Å²) in [5.74, 6) is -2.40. The maximum atomic E-state index is 14.3. The molecule has 6 heterocycles. The summed E-state index contributed by atoms with van der Waals surface area (Å²) in [6, 6.07) is 8.77. The third-order valence-electron chi connectivity index (χ3n) is 10.9. The second-order valence-corrected chi connectivity index (χ2v) is 15.2. The van der Waals surface area contributed by atoms with Crippen LogP contribution in [-0.2, 0) is 24.6 Å². The van der Waals surface area contributed by atoms with Crippen molar-refractivity contribution in [1.82, 2.24) is 44.0 Å². The van der Waals surface area contributed by atoms with E-state index in [1.54, 1.807) is 26.8 Å². The molecule has 18 nitrogen and oxygen atoms in total. The Balaban J connectivity index is 0.978. The van der Waals surface area contributed by atoms with Crippen molar-refractivity contribution < 1.29 is 47.0 Å². The van der Waals surface area contributed by atoms with Crippen molar-refractivity contribution >= 4 is 52.1 Å². The van der Waals surface area contributed by atoms with Crippen LogP contribution in [0.25, 0.3) is 28.1 Å². The van der Waals surface area contributed by atoms with Gasteiger partial charge in [0.1, 0.15) is 6.54 Å². The number of fused-ring (bicyclic) bond motifs is 1. The largest absolute Gasteiger partial charge is 0.544 e. The number of carboxylic acids is 1. The van der Waals surface area contributed by atoms with Gasteiger partial charge < -0.3 is 54.8 Å². The van der Waals surface area contributed by atoms with Crippen molar-refractivity contribution in [3.05, 3.63) is 76.6 Å². The van der Waals surface area contributed by atoms with Gasteiger partial charge in [-0.1, -0.05) is 11.6 Å². The number of halogens is 4. The first-order valence-corrected chi connectivity index (χ1v) is 19.5. The lowest BCUT2D eigenvalue weighted by atomic mass is 10.1. The molecule has 2 saturated heterocycles. The maximum Gasteiger partial charge on any atom is 0.435 e.